The molecule has 1 saturated carbocycles. The van der Waals surface area contributed by atoms with Gasteiger partial charge >= 0.3 is 0 Å². The lowest BCUT2D eigenvalue weighted by molar-refractivity contribution is 0.527. The van der Waals surface area contributed by atoms with E-state index in [0.29, 0.717) is 6.04 Å². The van der Waals surface area contributed by atoms with Crippen molar-refractivity contribution in [2.45, 2.75) is 44.6 Å². The number of rotatable bonds is 1. The van der Waals surface area contributed by atoms with E-state index in [1.165, 1.54) is 38.5 Å². The Morgan fingerprint density at radius 2 is 1.77 bits per heavy atom. The number of guanidine groups is 1. The molecule has 3 heteroatoms. The van der Waals surface area contributed by atoms with Gasteiger partial charge in [-0.3, -0.25) is 4.99 Å². The summed E-state index contributed by atoms with van der Waals surface area (Å²) in [7, 11) is 3.72. The monoisotopic (exact) mass is 183 g/mol. The van der Waals surface area contributed by atoms with Crippen LogP contribution in [0.2, 0.25) is 0 Å². The van der Waals surface area contributed by atoms with Gasteiger partial charge in [0.15, 0.2) is 5.96 Å². The molecule has 1 rings (SSSR count). The zero-order valence-corrected chi connectivity index (χ0v) is 8.77. The van der Waals surface area contributed by atoms with Crippen LogP contribution in [0.4, 0.5) is 0 Å². The molecule has 0 aromatic heterocycles. The Morgan fingerprint density at radius 3 is 2.23 bits per heavy atom. The molecule has 0 aliphatic heterocycles. The predicted octanol–water partition coefficient (Wildman–Crippen LogP) is 1.50. The molecule has 1 fully saturated rings. The van der Waals surface area contributed by atoms with E-state index in [2.05, 4.69) is 15.6 Å². The fraction of sp³-hybridized carbons (Fsp3) is 0.900. The molecule has 1 aliphatic rings. The first-order valence-electron chi connectivity index (χ1n) is 5.28. The van der Waals surface area contributed by atoms with Gasteiger partial charge in [0, 0.05) is 20.1 Å². The Hall–Kier alpha value is -0.730. The molecule has 2 N–H and O–H groups in total. The summed E-state index contributed by atoms with van der Waals surface area (Å²) in [6.45, 7) is 0. The maximum absolute atomic E-state index is 4.13. The standard InChI is InChI=1S/C10H21N3/c1-11-10(12-2)13-9-7-5-3-4-6-8-9/h9H,3-8H2,1-2H3,(H2,11,12,13). The molecular formula is C10H21N3. The second-order valence-electron chi connectivity index (χ2n) is 3.66. The lowest BCUT2D eigenvalue weighted by Gasteiger charge is -2.18. The second-order valence-corrected chi connectivity index (χ2v) is 3.66. The smallest absolute Gasteiger partial charge is 0.190 e. The Bertz CT molecular complexity index is 158. The number of hydrogen-bond acceptors (Lipinski definition) is 1. The fourth-order valence-electron chi connectivity index (χ4n) is 1.87. The molecular weight excluding hydrogens is 162 g/mol. The van der Waals surface area contributed by atoms with Crippen molar-refractivity contribution in [1.29, 1.82) is 0 Å². The van der Waals surface area contributed by atoms with Gasteiger partial charge in [-0.1, -0.05) is 25.7 Å². The number of hydrogen-bond donors (Lipinski definition) is 2. The van der Waals surface area contributed by atoms with E-state index in [1.54, 1.807) is 0 Å². The molecule has 76 valence electrons. The van der Waals surface area contributed by atoms with Crippen LogP contribution >= 0.6 is 0 Å². The van der Waals surface area contributed by atoms with E-state index in [0.717, 1.165) is 5.96 Å². The topological polar surface area (TPSA) is 36.4 Å². The Morgan fingerprint density at radius 1 is 1.15 bits per heavy atom. The van der Waals surface area contributed by atoms with Crippen molar-refractivity contribution in [2.75, 3.05) is 14.1 Å². The quantitative estimate of drug-likeness (QED) is 0.367. The van der Waals surface area contributed by atoms with Gasteiger partial charge in [0.2, 0.25) is 0 Å². The highest BCUT2D eigenvalue weighted by molar-refractivity contribution is 5.79. The molecule has 1 aliphatic carbocycles. The van der Waals surface area contributed by atoms with E-state index < -0.39 is 0 Å². The highest BCUT2D eigenvalue weighted by atomic mass is 15.2. The minimum absolute atomic E-state index is 0.633. The van der Waals surface area contributed by atoms with Crippen LogP contribution in [0, 0.1) is 0 Å². The third kappa shape index (κ3) is 3.66. The minimum atomic E-state index is 0.633. The van der Waals surface area contributed by atoms with E-state index in [1.807, 2.05) is 14.1 Å². The van der Waals surface area contributed by atoms with Gasteiger partial charge in [-0.15, -0.1) is 0 Å². The number of aliphatic imine (C=N–C) groups is 1. The second kappa shape index (κ2) is 5.84. The maximum Gasteiger partial charge on any atom is 0.190 e. The van der Waals surface area contributed by atoms with Crippen LogP contribution in [0.3, 0.4) is 0 Å². The van der Waals surface area contributed by atoms with Crippen LogP contribution in [0.25, 0.3) is 0 Å². The van der Waals surface area contributed by atoms with Crippen LogP contribution in [-0.2, 0) is 0 Å². The fourth-order valence-corrected chi connectivity index (χ4v) is 1.87. The van der Waals surface area contributed by atoms with E-state index in [9.17, 15) is 0 Å². The molecule has 0 atom stereocenters. The van der Waals surface area contributed by atoms with Crippen molar-refractivity contribution in [3.8, 4) is 0 Å². The predicted molar refractivity (Wildman–Crippen MR) is 57.0 cm³/mol. The third-order valence-corrected chi connectivity index (χ3v) is 2.66. The SMILES string of the molecule is CN=C(NC)NC1CCCCCC1. The van der Waals surface area contributed by atoms with Crippen LogP contribution in [-0.4, -0.2) is 26.1 Å². The van der Waals surface area contributed by atoms with E-state index in [-0.39, 0.29) is 0 Å². The van der Waals surface area contributed by atoms with E-state index >= 15 is 0 Å². The van der Waals surface area contributed by atoms with Gasteiger partial charge in [-0.2, -0.15) is 0 Å². The number of nitrogens with one attached hydrogen (secondary N) is 2. The van der Waals surface area contributed by atoms with Crippen LogP contribution in [0.5, 0.6) is 0 Å². The lowest BCUT2D eigenvalue weighted by atomic mass is 10.1. The van der Waals surface area contributed by atoms with Gasteiger partial charge in [0.05, 0.1) is 0 Å². The lowest BCUT2D eigenvalue weighted by Crippen LogP contribution is -2.41. The zero-order chi connectivity index (χ0) is 9.52. The van der Waals surface area contributed by atoms with Crippen molar-refractivity contribution in [1.82, 2.24) is 10.6 Å². The van der Waals surface area contributed by atoms with Crippen molar-refractivity contribution in [3.05, 3.63) is 0 Å². The average Bonchev–Trinajstić information content (AvgIpc) is 2.42. The number of nitrogens with zero attached hydrogens (tertiary/aromatic N) is 1. The normalized spacial score (nSPS) is 20.9. The summed E-state index contributed by atoms with van der Waals surface area (Å²) >= 11 is 0. The van der Waals surface area contributed by atoms with Crippen molar-refractivity contribution in [3.63, 3.8) is 0 Å². The van der Waals surface area contributed by atoms with Crippen LogP contribution in [0.1, 0.15) is 38.5 Å². The minimum Gasteiger partial charge on any atom is -0.359 e. The van der Waals surface area contributed by atoms with Crippen molar-refractivity contribution < 1.29 is 0 Å². The summed E-state index contributed by atoms with van der Waals surface area (Å²) in [6, 6.07) is 0.633. The van der Waals surface area contributed by atoms with Crippen molar-refractivity contribution in [2.24, 2.45) is 4.99 Å². The van der Waals surface area contributed by atoms with Crippen LogP contribution in [0.15, 0.2) is 4.99 Å². The molecule has 0 unspecified atom stereocenters. The zero-order valence-electron chi connectivity index (χ0n) is 8.77. The first kappa shape index (κ1) is 10.4. The summed E-state index contributed by atoms with van der Waals surface area (Å²) in [5.41, 5.74) is 0. The molecule has 0 heterocycles. The first-order chi connectivity index (χ1) is 6.36. The van der Waals surface area contributed by atoms with Gasteiger partial charge in [-0.05, 0) is 12.8 Å². The van der Waals surface area contributed by atoms with Gasteiger partial charge < -0.3 is 10.6 Å². The molecule has 0 aromatic rings. The molecule has 3 nitrogen and oxygen atoms in total. The molecule has 13 heavy (non-hydrogen) atoms. The maximum atomic E-state index is 4.13. The van der Waals surface area contributed by atoms with Gasteiger partial charge in [0.25, 0.3) is 0 Å². The molecule has 0 radical (unpaired) electrons. The molecule has 0 aromatic carbocycles. The summed E-state index contributed by atoms with van der Waals surface area (Å²) < 4.78 is 0. The Balaban J connectivity index is 2.33. The van der Waals surface area contributed by atoms with Gasteiger partial charge in [0.1, 0.15) is 0 Å². The molecule has 0 amide bonds. The first-order valence-corrected chi connectivity index (χ1v) is 5.28. The summed E-state index contributed by atoms with van der Waals surface area (Å²) in [5, 5.41) is 6.49. The molecule has 0 spiro atoms. The van der Waals surface area contributed by atoms with Crippen LogP contribution < -0.4 is 10.6 Å². The highest BCUT2D eigenvalue weighted by Crippen LogP contribution is 2.16. The largest absolute Gasteiger partial charge is 0.359 e. The summed E-state index contributed by atoms with van der Waals surface area (Å²) in [6.07, 6.45) is 8.10. The third-order valence-electron chi connectivity index (χ3n) is 2.66. The molecule has 0 bridgehead atoms. The van der Waals surface area contributed by atoms with Gasteiger partial charge in [-0.25, -0.2) is 0 Å². The summed E-state index contributed by atoms with van der Waals surface area (Å²) in [4.78, 5) is 4.13. The summed E-state index contributed by atoms with van der Waals surface area (Å²) in [5.74, 6) is 0.923. The molecule has 0 saturated heterocycles. The highest BCUT2D eigenvalue weighted by Gasteiger charge is 2.12. The average molecular weight is 183 g/mol. The Kier molecular flexibility index (Phi) is 4.65. The Labute approximate surface area is 81.0 Å². The van der Waals surface area contributed by atoms with E-state index in [4.69, 9.17) is 0 Å². The van der Waals surface area contributed by atoms with Crippen molar-refractivity contribution >= 4 is 5.96 Å².